The summed E-state index contributed by atoms with van der Waals surface area (Å²) in [6.45, 7) is -0.353. The number of aldehydes is 1. The van der Waals surface area contributed by atoms with Crippen LogP contribution in [0.4, 0.5) is 10.1 Å². The molecule has 5 nitrogen and oxygen atoms in total. The summed E-state index contributed by atoms with van der Waals surface area (Å²) in [5.41, 5.74) is 6.66. The summed E-state index contributed by atoms with van der Waals surface area (Å²) in [5, 5.41) is 0. The summed E-state index contributed by atoms with van der Waals surface area (Å²) in [6.07, 6.45) is 0.471. The van der Waals surface area contributed by atoms with Crippen molar-refractivity contribution in [3.05, 3.63) is 35.0 Å². The van der Waals surface area contributed by atoms with Gasteiger partial charge in [-0.25, -0.2) is 9.18 Å². The second-order valence-corrected chi connectivity index (χ2v) is 5.02. The third-order valence-electron chi connectivity index (χ3n) is 2.62. The highest BCUT2D eigenvalue weighted by Gasteiger charge is 2.26. The number of methoxy groups -OCH3 is 1. The third-order valence-corrected chi connectivity index (χ3v) is 3.80. The van der Waals surface area contributed by atoms with Crippen LogP contribution in [0.5, 0.6) is 5.75 Å². The van der Waals surface area contributed by atoms with Crippen LogP contribution in [-0.2, 0) is 9.53 Å². The van der Waals surface area contributed by atoms with Crippen molar-refractivity contribution in [3.63, 3.8) is 0 Å². The molecule has 110 valence electrons. The molecule has 0 aliphatic rings. The van der Waals surface area contributed by atoms with E-state index >= 15 is 0 Å². The van der Waals surface area contributed by atoms with Crippen LogP contribution >= 0.6 is 11.3 Å². The van der Waals surface area contributed by atoms with Crippen LogP contribution in [0.15, 0.2) is 24.3 Å². The Hall–Kier alpha value is -2.41. The molecule has 0 spiro atoms. The Morgan fingerprint density at radius 3 is 2.86 bits per heavy atom. The molecule has 2 aromatic rings. The molecule has 0 fully saturated rings. The number of carbonyl (C=O) groups is 2. The van der Waals surface area contributed by atoms with E-state index < -0.39 is 11.8 Å². The van der Waals surface area contributed by atoms with Crippen molar-refractivity contribution >= 4 is 29.3 Å². The molecule has 1 aromatic carbocycles. The van der Waals surface area contributed by atoms with Crippen LogP contribution in [0.1, 0.15) is 9.67 Å². The zero-order valence-electron chi connectivity index (χ0n) is 11.1. The summed E-state index contributed by atoms with van der Waals surface area (Å²) in [5.74, 6) is -1.72. The van der Waals surface area contributed by atoms with E-state index in [4.69, 9.17) is 10.5 Å². The quantitative estimate of drug-likeness (QED) is 0.521. The first-order chi connectivity index (χ1) is 10.1. The SMILES string of the molecule is COC(=O)c1sc(-c2cccc(N)c2)c(F)c1OCC=O. The first-order valence-corrected chi connectivity index (χ1v) is 6.73. The summed E-state index contributed by atoms with van der Waals surface area (Å²) in [4.78, 5) is 22.2. The molecule has 2 rings (SSSR count). The Morgan fingerprint density at radius 2 is 2.24 bits per heavy atom. The predicted octanol–water partition coefficient (Wildman–Crippen LogP) is 2.50. The highest BCUT2D eigenvalue weighted by atomic mass is 32.1. The monoisotopic (exact) mass is 309 g/mol. The van der Waals surface area contributed by atoms with Gasteiger partial charge in [-0.1, -0.05) is 12.1 Å². The summed E-state index contributed by atoms with van der Waals surface area (Å²) in [6, 6.07) is 6.59. The molecule has 0 aliphatic carbocycles. The molecular formula is C14H12FNO4S. The van der Waals surface area contributed by atoms with Crippen molar-refractivity contribution in [1.82, 2.24) is 0 Å². The molecule has 7 heteroatoms. The molecule has 0 amide bonds. The van der Waals surface area contributed by atoms with Gasteiger partial charge in [0.2, 0.25) is 0 Å². The van der Waals surface area contributed by atoms with E-state index in [0.717, 1.165) is 11.3 Å². The Labute approximate surface area is 124 Å². The van der Waals surface area contributed by atoms with E-state index in [2.05, 4.69) is 4.74 Å². The van der Waals surface area contributed by atoms with Gasteiger partial charge in [-0.2, -0.15) is 0 Å². The molecule has 0 bridgehead atoms. The van der Waals surface area contributed by atoms with Gasteiger partial charge < -0.3 is 15.2 Å². The van der Waals surface area contributed by atoms with E-state index in [0.29, 0.717) is 17.5 Å². The smallest absolute Gasteiger partial charge is 0.352 e. The third kappa shape index (κ3) is 3.03. The molecule has 0 unspecified atom stereocenters. The number of nitrogen functional groups attached to an aromatic ring is 1. The maximum atomic E-state index is 14.5. The normalized spacial score (nSPS) is 10.2. The molecule has 0 radical (unpaired) electrons. The number of rotatable bonds is 5. The first-order valence-electron chi connectivity index (χ1n) is 5.91. The number of esters is 1. The minimum atomic E-state index is -0.727. The van der Waals surface area contributed by atoms with E-state index in [1.807, 2.05) is 0 Å². The van der Waals surface area contributed by atoms with Crippen LogP contribution in [0.25, 0.3) is 10.4 Å². The second kappa shape index (κ2) is 6.36. The maximum Gasteiger partial charge on any atom is 0.352 e. The zero-order chi connectivity index (χ0) is 15.4. The Bertz CT molecular complexity index is 684. The van der Waals surface area contributed by atoms with Crippen LogP contribution in [0, 0.1) is 5.82 Å². The minimum Gasteiger partial charge on any atom is -0.481 e. The second-order valence-electron chi connectivity index (χ2n) is 4.00. The lowest BCUT2D eigenvalue weighted by molar-refractivity contribution is -0.109. The summed E-state index contributed by atoms with van der Waals surface area (Å²) in [7, 11) is 1.18. The number of hydrogen-bond acceptors (Lipinski definition) is 6. The fraction of sp³-hybridized carbons (Fsp3) is 0.143. The number of carbonyl (C=O) groups excluding carboxylic acids is 2. The lowest BCUT2D eigenvalue weighted by Gasteiger charge is -2.02. The number of benzene rings is 1. The maximum absolute atomic E-state index is 14.5. The van der Waals surface area contributed by atoms with Crippen molar-refractivity contribution in [2.24, 2.45) is 0 Å². The van der Waals surface area contributed by atoms with Crippen molar-refractivity contribution < 1.29 is 23.5 Å². The van der Waals surface area contributed by atoms with Crippen molar-refractivity contribution in [2.45, 2.75) is 0 Å². The average Bonchev–Trinajstić information content (AvgIpc) is 2.81. The molecule has 0 aliphatic heterocycles. The van der Waals surface area contributed by atoms with E-state index in [1.165, 1.54) is 7.11 Å². The first kappa shape index (κ1) is 15.0. The fourth-order valence-electron chi connectivity index (χ4n) is 1.73. The van der Waals surface area contributed by atoms with Gasteiger partial charge in [0, 0.05) is 5.69 Å². The lowest BCUT2D eigenvalue weighted by atomic mass is 10.1. The number of hydrogen-bond donors (Lipinski definition) is 1. The van der Waals surface area contributed by atoms with E-state index in [1.54, 1.807) is 24.3 Å². The van der Waals surface area contributed by atoms with Crippen LogP contribution in [0.3, 0.4) is 0 Å². The molecule has 0 saturated carbocycles. The molecule has 21 heavy (non-hydrogen) atoms. The highest BCUT2D eigenvalue weighted by molar-refractivity contribution is 7.17. The highest BCUT2D eigenvalue weighted by Crippen LogP contribution is 2.41. The average molecular weight is 309 g/mol. The zero-order valence-corrected chi connectivity index (χ0v) is 11.9. The van der Waals surface area contributed by atoms with Gasteiger partial charge in [0.05, 0.1) is 12.0 Å². The molecule has 1 heterocycles. The van der Waals surface area contributed by atoms with E-state index in [-0.39, 0.29) is 22.1 Å². The standard InChI is InChI=1S/C14H12FNO4S/c1-19-14(18)13-11(20-6-5-17)10(15)12(21-13)8-3-2-4-9(16)7-8/h2-5,7H,6,16H2,1H3. The molecule has 0 atom stereocenters. The molecule has 1 aromatic heterocycles. The number of nitrogens with two attached hydrogens (primary N) is 1. The van der Waals surface area contributed by atoms with Gasteiger partial charge in [-0.05, 0) is 17.7 Å². The topological polar surface area (TPSA) is 78.6 Å². The molecular weight excluding hydrogens is 297 g/mol. The summed E-state index contributed by atoms with van der Waals surface area (Å²) < 4.78 is 24.1. The number of thiophene rings is 1. The van der Waals surface area contributed by atoms with Gasteiger partial charge >= 0.3 is 5.97 Å². The van der Waals surface area contributed by atoms with Crippen LogP contribution < -0.4 is 10.5 Å². The fourth-order valence-corrected chi connectivity index (χ4v) is 2.77. The summed E-state index contributed by atoms with van der Waals surface area (Å²) >= 11 is 0.885. The van der Waals surface area contributed by atoms with E-state index in [9.17, 15) is 14.0 Å². The Morgan fingerprint density at radius 1 is 1.48 bits per heavy atom. The van der Waals surface area contributed by atoms with Crippen LogP contribution in [-0.4, -0.2) is 26.0 Å². The van der Waals surface area contributed by atoms with Crippen LogP contribution in [0.2, 0.25) is 0 Å². The number of ether oxygens (including phenoxy) is 2. The Balaban J connectivity index is 2.54. The van der Waals surface area contributed by atoms with Gasteiger partial charge in [-0.3, -0.25) is 4.79 Å². The Kier molecular flexibility index (Phi) is 4.54. The molecule has 0 saturated heterocycles. The van der Waals surface area contributed by atoms with Crippen molar-refractivity contribution in [2.75, 3.05) is 19.5 Å². The van der Waals surface area contributed by atoms with Gasteiger partial charge in [0.1, 0.15) is 6.61 Å². The van der Waals surface area contributed by atoms with Crippen molar-refractivity contribution in [3.8, 4) is 16.2 Å². The largest absolute Gasteiger partial charge is 0.481 e. The van der Waals surface area contributed by atoms with Gasteiger partial charge in [-0.15, -0.1) is 11.3 Å². The molecule has 2 N–H and O–H groups in total. The number of anilines is 1. The number of halogens is 1. The predicted molar refractivity (Wildman–Crippen MR) is 77.0 cm³/mol. The minimum absolute atomic E-state index is 0.0331. The van der Waals surface area contributed by atoms with Gasteiger partial charge in [0.15, 0.2) is 22.7 Å². The van der Waals surface area contributed by atoms with Gasteiger partial charge in [0.25, 0.3) is 0 Å². The van der Waals surface area contributed by atoms with Crippen molar-refractivity contribution in [1.29, 1.82) is 0 Å². The lowest BCUT2D eigenvalue weighted by Crippen LogP contribution is -2.05.